The van der Waals surface area contributed by atoms with Crippen LogP contribution in [-0.2, 0) is 9.53 Å². The monoisotopic (exact) mass is 539 g/mol. The molecular weight excluding hydrogens is 498 g/mol. The minimum absolute atomic E-state index is 0.0253. The normalized spacial score (nSPS) is 17.4. The summed E-state index contributed by atoms with van der Waals surface area (Å²) in [6.07, 6.45) is 4.53. The molecule has 0 radical (unpaired) electrons. The van der Waals surface area contributed by atoms with E-state index in [0.717, 1.165) is 40.8 Å². The van der Waals surface area contributed by atoms with Crippen LogP contribution in [0, 0.1) is 19.8 Å². The molecule has 2 atom stereocenters. The Morgan fingerprint density at radius 2 is 1.66 bits per heavy atom. The van der Waals surface area contributed by atoms with E-state index in [-0.39, 0.29) is 23.6 Å². The van der Waals surface area contributed by atoms with Crippen molar-refractivity contribution in [2.24, 2.45) is 5.92 Å². The van der Waals surface area contributed by atoms with Crippen LogP contribution in [0.15, 0.2) is 41.3 Å². The number of unbranched alkanes of at least 4 members (excludes halogenated alkanes) is 2. The lowest BCUT2D eigenvalue weighted by molar-refractivity contribution is -0.129. The summed E-state index contributed by atoms with van der Waals surface area (Å²) in [6.45, 7) is 12.2. The maximum atomic E-state index is 13.7. The summed E-state index contributed by atoms with van der Waals surface area (Å²) in [7, 11) is 0. The van der Waals surface area contributed by atoms with Gasteiger partial charge in [0.25, 0.3) is 0 Å². The fraction of sp³-hybridized carbons (Fsp3) is 0.516. The number of thioether (sulfide) groups is 1. The summed E-state index contributed by atoms with van der Waals surface area (Å²) < 4.78 is 11.7. The number of amides is 1. The first-order valence-corrected chi connectivity index (χ1v) is 14.6. The number of aryl methyl sites for hydroxylation is 2. The molecule has 1 amide bonds. The summed E-state index contributed by atoms with van der Waals surface area (Å²) in [5.74, 6) is 0.0742. The first-order valence-electron chi connectivity index (χ1n) is 13.4. The maximum Gasteiger partial charge on any atom is 0.409 e. The molecule has 0 spiro atoms. The molecule has 38 heavy (non-hydrogen) atoms. The molecule has 0 bridgehead atoms. The molecule has 206 valence electrons. The third kappa shape index (κ3) is 6.99. The van der Waals surface area contributed by atoms with E-state index in [1.54, 1.807) is 30.5 Å². The van der Waals surface area contributed by atoms with Crippen LogP contribution in [0.4, 0.5) is 4.79 Å². The number of hydrogen-bond acceptors (Lipinski definition) is 6. The molecular formula is C31H41NO5S. The highest BCUT2D eigenvalue weighted by atomic mass is 32.2. The Bertz CT molecular complexity index is 1130. The minimum Gasteiger partial charge on any atom is -0.480 e. The van der Waals surface area contributed by atoms with Gasteiger partial charge in [-0.3, -0.25) is 9.59 Å². The van der Waals surface area contributed by atoms with Crippen molar-refractivity contribution in [3.8, 4) is 5.75 Å². The Hall–Kier alpha value is -2.80. The van der Waals surface area contributed by atoms with Crippen LogP contribution < -0.4 is 4.74 Å². The van der Waals surface area contributed by atoms with Crippen LogP contribution >= 0.6 is 11.8 Å². The average molecular weight is 540 g/mol. The van der Waals surface area contributed by atoms with Crippen LogP contribution in [0.25, 0.3) is 0 Å². The lowest BCUT2D eigenvalue weighted by Crippen LogP contribution is -2.36. The second kappa shape index (κ2) is 12.8. The van der Waals surface area contributed by atoms with Crippen molar-refractivity contribution in [1.82, 2.24) is 4.90 Å². The van der Waals surface area contributed by atoms with Gasteiger partial charge in [0.2, 0.25) is 0 Å². The van der Waals surface area contributed by atoms with E-state index < -0.39 is 11.5 Å². The molecule has 0 aliphatic carbocycles. The Morgan fingerprint density at radius 1 is 1.03 bits per heavy atom. The topological polar surface area (TPSA) is 72.9 Å². The van der Waals surface area contributed by atoms with E-state index in [1.807, 2.05) is 56.5 Å². The third-order valence-electron chi connectivity index (χ3n) is 7.38. The number of hydrogen-bond donors (Lipinski definition) is 0. The summed E-state index contributed by atoms with van der Waals surface area (Å²) in [5, 5.41) is 0. The number of Topliss-reactive ketones (excluding diaryl/α,β-unsaturated/α-hetero) is 2. The number of nitrogens with zero attached hydrogens (tertiary/aromatic N) is 1. The smallest absolute Gasteiger partial charge is 0.409 e. The average Bonchev–Trinajstić information content (AvgIpc) is 3.34. The maximum absolute atomic E-state index is 13.7. The molecule has 0 aromatic heterocycles. The Balaban J connectivity index is 1.92. The first kappa shape index (κ1) is 29.8. The molecule has 3 rings (SSSR count). The van der Waals surface area contributed by atoms with Crippen LogP contribution in [-0.4, -0.2) is 54.1 Å². The highest BCUT2D eigenvalue weighted by molar-refractivity contribution is 7.98. The molecule has 2 aromatic carbocycles. The Kier molecular flexibility index (Phi) is 10.0. The van der Waals surface area contributed by atoms with Crippen LogP contribution in [0.3, 0.4) is 0 Å². The van der Waals surface area contributed by atoms with Gasteiger partial charge in [0.05, 0.1) is 6.61 Å². The Morgan fingerprint density at radius 3 is 2.21 bits per heavy atom. The van der Waals surface area contributed by atoms with Gasteiger partial charge in [-0.2, -0.15) is 0 Å². The number of rotatable bonds is 11. The number of likely N-dealkylation sites (tertiary alicyclic amines) is 1. The summed E-state index contributed by atoms with van der Waals surface area (Å²) in [6, 6.07) is 11.7. The number of benzene rings is 2. The SMILES string of the molecule is CCCCCOC(=O)N1CC(C(=O)c2ccc(SC)cc2)C(c2cc(C)c(OC(C)(C)C(C)=O)c(C)c2)C1. The molecule has 1 aliphatic rings. The first-order chi connectivity index (χ1) is 18.0. The third-order valence-corrected chi connectivity index (χ3v) is 8.12. The van der Waals surface area contributed by atoms with Gasteiger partial charge in [0.1, 0.15) is 5.75 Å². The molecule has 6 nitrogen and oxygen atoms in total. The van der Waals surface area contributed by atoms with Gasteiger partial charge in [-0.25, -0.2) is 4.79 Å². The summed E-state index contributed by atoms with van der Waals surface area (Å²) in [4.78, 5) is 41.5. The lowest BCUT2D eigenvalue weighted by Gasteiger charge is -2.27. The van der Waals surface area contributed by atoms with Crippen molar-refractivity contribution in [2.45, 2.75) is 77.2 Å². The molecule has 0 saturated carbocycles. The molecule has 0 N–H and O–H groups in total. The van der Waals surface area contributed by atoms with Crippen LogP contribution in [0.2, 0.25) is 0 Å². The van der Waals surface area contributed by atoms with Gasteiger partial charge >= 0.3 is 6.09 Å². The lowest BCUT2D eigenvalue weighted by atomic mass is 9.82. The van der Waals surface area contributed by atoms with Crippen molar-refractivity contribution in [3.05, 3.63) is 58.7 Å². The van der Waals surface area contributed by atoms with Gasteiger partial charge in [-0.1, -0.05) is 44.0 Å². The van der Waals surface area contributed by atoms with Crippen LogP contribution in [0.1, 0.15) is 79.9 Å². The predicted octanol–water partition coefficient (Wildman–Crippen LogP) is 7.00. The van der Waals surface area contributed by atoms with E-state index in [0.29, 0.717) is 31.0 Å². The largest absolute Gasteiger partial charge is 0.480 e. The van der Waals surface area contributed by atoms with Gasteiger partial charge in [-0.15, -0.1) is 11.8 Å². The standard InChI is InChI=1S/C31H41NO5S/c1-8-9-10-15-36-30(35)32-18-26(27(19-32)28(34)23-11-13-25(38-7)14-12-23)24-16-20(2)29(21(3)17-24)37-31(5,6)22(4)33/h11-14,16-17,26-27H,8-10,15,18-19H2,1-7H3. The van der Waals surface area contributed by atoms with Crippen molar-refractivity contribution < 1.29 is 23.9 Å². The molecule has 1 fully saturated rings. The Labute approximate surface area is 231 Å². The molecule has 7 heteroatoms. The van der Waals surface area contributed by atoms with Crippen molar-refractivity contribution >= 4 is 29.4 Å². The minimum atomic E-state index is -0.940. The number of carbonyl (C=O) groups is 3. The number of carbonyl (C=O) groups excluding carboxylic acids is 3. The molecule has 1 saturated heterocycles. The molecule has 2 unspecified atom stereocenters. The van der Waals surface area contributed by atoms with Gasteiger partial charge in [0.15, 0.2) is 17.2 Å². The highest BCUT2D eigenvalue weighted by Crippen LogP contribution is 2.39. The second-order valence-corrected chi connectivity index (χ2v) is 11.6. The van der Waals surface area contributed by atoms with Crippen molar-refractivity contribution in [2.75, 3.05) is 26.0 Å². The predicted molar refractivity (Wildman–Crippen MR) is 153 cm³/mol. The zero-order valence-corrected chi connectivity index (χ0v) is 24.6. The number of ether oxygens (including phenoxy) is 2. The van der Waals surface area contributed by atoms with Gasteiger partial charge in [0, 0.05) is 35.4 Å². The quantitative estimate of drug-likeness (QED) is 0.174. The van der Waals surface area contributed by atoms with E-state index in [9.17, 15) is 14.4 Å². The zero-order valence-electron chi connectivity index (χ0n) is 23.8. The van der Waals surface area contributed by atoms with E-state index in [4.69, 9.17) is 9.47 Å². The number of ketones is 2. The van der Waals surface area contributed by atoms with E-state index in [1.165, 1.54) is 6.92 Å². The summed E-state index contributed by atoms with van der Waals surface area (Å²) in [5.41, 5.74) is 2.47. The molecule has 1 heterocycles. The highest BCUT2D eigenvalue weighted by Gasteiger charge is 2.41. The van der Waals surface area contributed by atoms with Crippen molar-refractivity contribution in [1.29, 1.82) is 0 Å². The summed E-state index contributed by atoms with van der Waals surface area (Å²) >= 11 is 1.63. The zero-order chi connectivity index (χ0) is 28.0. The molecule has 2 aromatic rings. The van der Waals surface area contributed by atoms with E-state index >= 15 is 0 Å². The van der Waals surface area contributed by atoms with Crippen LogP contribution in [0.5, 0.6) is 5.75 Å². The van der Waals surface area contributed by atoms with Gasteiger partial charge in [-0.05, 0) is 76.1 Å². The van der Waals surface area contributed by atoms with Gasteiger partial charge < -0.3 is 14.4 Å². The van der Waals surface area contributed by atoms with Crippen molar-refractivity contribution in [3.63, 3.8) is 0 Å². The van der Waals surface area contributed by atoms with E-state index in [2.05, 4.69) is 6.92 Å². The second-order valence-electron chi connectivity index (χ2n) is 10.7. The molecule has 1 aliphatic heterocycles. The fourth-order valence-electron chi connectivity index (χ4n) is 4.81. The fourth-order valence-corrected chi connectivity index (χ4v) is 5.22.